The van der Waals surface area contributed by atoms with Crippen LogP contribution in [0.2, 0.25) is 0 Å². The second kappa shape index (κ2) is 6.96. The average molecular weight is 296 g/mol. The molecule has 0 bridgehead atoms. The Morgan fingerprint density at radius 2 is 1.68 bits per heavy atom. The van der Waals surface area contributed by atoms with E-state index >= 15 is 0 Å². The van der Waals surface area contributed by atoms with Crippen molar-refractivity contribution >= 4 is 5.91 Å². The van der Waals surface area contributed by atoms with Gasteiger partial charge in [-0.3, -0.25) is 4.79 Å². The zero-order chi connectivity index (χ0) is 15.4. The van der Waals surface area contributed by atoms with E-state index in [1.165, 1.54) is 25.7 Å². The van der Waals surface area contributed by atoms with Crippen molar-refractivity contribution in [1.82, 2.24) is 4.90 Å². The Morgan fingerprint density at radius 1 is 1.09 bits per heavy atom. The highest BCUT2D eigenvalue weighted by Gasteiger charge is 2.34. The summed E-state index contributed by atoms with van der Waals surface area (Å²) in [6.07, 6.45) is 9.96. The van der Waals surface area contributed by atoms with Gasteiger partial charge in [0.1, 0.15) is 0 Å². The number of rotatable bonds is 4. The first-order chi connectivity index (χ1) is 10.8. The molecule has 3 nitrogen and oxygen atoms in total. The number of carbonyl (C=O) groups excluding carboxylic acids is 1. The zero-order valence-corrected chi connectivity index (χ0v) is 13.1. The van der Waals surface area contributed by atoms with E-state index in [1.54, 1.807) is 0 Å². The summed E-state index contributed by atoms with van der Waals surface area (Å²) in [6, 6.07) is 10.7. The minimum atomic E-state index is 0.179. The molecule has 22 heavy (non-hydrogen) atoms. The second-order valence-corrected chi connectivity index (χ2v) is 6.62. The van der Waals surface area contributed by atoms with Gasteiger partial charge in [0, 0.05) is 17.6 Å². The van der Waals surface area contributed by atoms with E-state index in [0.29, 0.717) is 18.5 Å². The molecule has 2 aliphatic carbocycles. The van der Waals surface area contributed by atoms with Crippen LogP contribution in [-0.4, -0.2) is 22.9 Å². The molecular formula is C19H24N2O. The van der Waals surface area contributed by atoms with Crippen LogP contribution in [0.25, 0.3) is 0 Å². The van der Waals surface area contributed by atoms with E-state index in [9.17, 15) is 4.79 Å². The molecule has 0 radical (unpaired) electrons. The van der Waals surface area contributed by atoms with Gasteiger partial charge in [0.25, 0.3) is 5.91 Å². The molecule has 0 aromatic heterocycles. The average Bonchev–Trinajstić information content (AvgIpc) is 3.22. The van der Waals surface area contributed by atoms with E-state index in [0.717, 1.165) is 36.8 Å². The topological polar surface area (TPSA) is 44.1 Å². The summed E-state index contributed by atoms with van der Waals surface area (Å²) in [5, 5.41) is 8.86. The van der Waals surface area contributed by atoms with Gasteiger partial charge < -0.3 is 4.90 Å². The highest BCUT2D eigenvalue weighted by molar-refractivity contribution is 5.95. The third-order valence-corrected chi connectivity index (χ3v) is 5.13. The molecule has 0 N–H and O–H groups in total. The molecule has 116 valence electrons. The first kappa shape index (κ1) is 15.1. The Bertz CT molecular complexity index is 547. The molecule has 2 aliphatic rings. The minimum absolute atomic E-state index is 0.179. The molecule has 0 saturated heterocycles. The lowest BCUT2D eigenvalue weighted by molar-refractivity contribution is 0.0580. The summed E-state index contributed by atoms with van der Waals surface area (Å²) in [7, 11) is 0. The van der Waals surface area contributed by atoms with Crippen molar-refractivity contribution in [2.24, 2.45) is 0 Å². The summed E-state index contributed by atoms with van der Waals surface area (Å²) in [4.78, 5) is 15.3. The maximum atomic E-state index is 13.1. The predicted octanol–water partition coefficient (Wildman–Crippen LogP) is 4.08. The largest absolute Gasteiger partial charge is 0.333 e. The Labute approximate surface area is 132 Å². The SMILES string of the molecule is N#CCc1cccc(C(=O)N(C2CCCC2)C2CCCC2)c1. The van der Waals surface area contributed by atoms with Crippen molar-refractivity contribution in [3.63, 3.8) is 0 Å². The van der Waals surface area contributed by atoms with Gasteiger partial charge in [-0.05, 0) is 43.4 Å². The summed E-state index contributed by atoms with van der Waals surface area (Å²) >= 11 is 0. The Morgan fingerprint density at radius 3 is 2.23 bits per heavy atom. The van der Waals surface area contributed by atoms with Gasteiger partial charge in [-0.2, -0.15) is 5.26 Å². The van der Waals surface area contributed by atoms with E-state index in [1.807, 2.05) is 24.3 Å². The van der Waals surface area contributed by atoms with Crippen molar-refractivity contribution in [1.29, 1.82) is 5.26 Å². The van der Waals surface area contributed by atoms with Gasteiger partial charge in [0.2, 0.25) is 0 Å². The second-order valence-electron chi connectivity index (χ2n) is 6.62. The third-order valence-electron chi connectivity index (χ3n) is 5.13. The fourth-order valence-corrected chi connectivity index (χ4v) is 4.05. The number of hydrogen-bond acceptors (Lipinski definition) is 2. The molecule has 3 heteroatoms. The van der Waals surface area contributed by atoms with Crippen molar-refractivity contribution in [2.75, 3.05) is 0 Å². The van der Waals surface area contributed by atoms with Crippen LogP contribution >= 0.6 is 0 Å². The molecule has 1 amide bonds. The lowest BCUT2D eigenvalue weighted by atomic mass is 10.0. The molecule has 0 aliphatic heterocycles. The molecule has 0 unspecified atom stereocenters. The van der Waals surface area contributed by atoms with E-state index in [-0.39, 0.29) is 5.91 Å². The van der Waals surface area contributed by atoms with Crippen LogP contribution in [0.5, 0.6) is 0 Å². The summed E-state index contributed by atoms with van der Waals surface area (Å²) in [5.41, 5.74) is 1.69. The number of amides is 1. The number of carbonyl (C=O) groups is 1. The summed E-state index contributed by atoms with van der Waals surface area (Å²) in [5.74, 6) is 0.179. The molecular weight excluding hydrogens is 272 g/mol. The zero-order valence-electron chi connectivity index (χ0n) is 13.1. The number of benzene rings is 1. The van der Waals surface area contributed by atoms with E-state index < -0.39 is 0 Å². The van der Waals surface area contributed by atoms with Crippen LogP contribution in [0.4, 0.5) is 0 Å². The summed E-state index contributed by atoms with van der Waals surface area (Å²) in [6.45, 7) is 0. The number of nitriles is 1. The standard InChI is InChI=1S/C19H24N2O/c20-13-12-15-6-5-7-16(14-15)19(22)21(17-8-1-2-9-17)18-10-3-4-11-18/h5-7,14,17-18H,1-4,8-12H2. The minimum Gasteiger partial charge on any atom is -0.333 e. The van der Waals surface area contributed by atoms with Crippen molar-refractivity contribution in [3.05, 3.63) is 35.4 Å². The Hall–Kier alpha value is -1.82. The monoisotopic (exact) mass is 296 g/mol. The van der Waals surface area contributed by atoms with Crippen molar-refractivity contribution < 1.29 is 4.79 Å². The van der Waals surface area contributed by atoms with Gasteiger partial charge in [-0.15, -0.1) is 0 Å². The normalized spacial score (nSPS) is 19.2. The van der Waals surface area contributed by atoms with Crippen LogP contribution in [0.3, 0.4) is 0 Å². The summed E-state index contributed by atoms with van der Waals surface area (Å²) < 4.78 is 0. The van der Waals surface area contributed by atoms with Crippen molar-refractivity contribution in [2.45, 2.75) is 69.9 Å². The van der Waals surface area contributed by atoms with E-state index in [2.05, 4.69) is 11.0 Å². The van der Waals surface area contributed by atoms with Gasteiger partial charge in [-0.25, -0.2) is 0 Å². The van der Waals surface area contributed by atoms with Gasteiger partial charge in [-0.1, -0.05) is 37.8 Å². The predicted molar refractivity (Wildman–Crippen MR) is 86.4 cm³/mol. The molecule has 3 rings (SSSR count). The Kier molecular flexibility index (Phi) is 4.77. The van der Waals surface area contributed by atoms with Crippen LogP contribution in [0, 0.1) is 11.3 Å². The molecule has 0 heterocycles. The molecule has 2 saturated carbocycles. The molecule has 2 fully saturated rings. The van der Waals surface area contributed by atoms with Crippen molar-refractivity contribution in [3.8, 4) is 6.07 Å². The van der Waals surface area contributed by atoms with Gasteiger partial charge >= 0.3 is 0 Å². The van der Waals surface area contributed by atoms with Crippen LogP contribution in [0.15, 0.2) is 24.3 Å². The van der Waals surface area contributed by atoms with E-state index in [4.69, 9.17) is 5.26 Å². The number of hydrogen-bond donors (Lipinski definition) is 0. The van der Waals surface area contributed by atoms with Crippen LogP contribution in [-0.2, 0) is 6.42 Å². The van der Waals surface area contributed by atoms with Gasteiger partial charge in [0.05, 0.1) is 12.5 Å². The maximum Gasteiger partial charge on any atom is 0.254 e. The van der Waals surface area contributed by atoms with Crippen LogP contribution < -0.4 is 0 Å². The maximum absolute atomic E-state index is 13.1. The first-order valence-electron chi connectivity index (χ1n) is 8.58. The lowest BCUT2D eigenvalue weighted by Crippen LogP contribution is -2.45. The quantitative estimate of drug-likeness (QED) is 0.840. The molecule has 0 atom stereocenters. The fraction of sp³-hybridized carbons (Fsp3) is 0.579. The van der Waals surface area contributed by atoms with Crippen LogP contribution in [0.1, 0.15) is 67.3 Å². The highest BCUT2D eigenvalue weighted by atomic mass is 16.2. The lowest BCUT2D eigenvalue weighted by Gasteiger charge is -2.35. The fourth-order valence-electron chi connectivity index (χ4n) is 4.05. The molecule has 0 spiro atoms. The smallest absolute Gasteiger partial charge is 0.254 e. The number of nitrogens with zero attached hydrogens (tertiary/aromatic N) is 2. The van der Waals surface area contributed by atoms with Gasteiger partial charge in [0.15, 0.2) is 0 Å². The Balaban J connectivity index is 1.84. The molecule has 1 aromatic rings. The molecule has 1 aromatic carbocycles. The third kappa shape index (κ3) is 3.16. The highest BCUT2D eigenvalue weighted by Crippen LogP contribution is 2.32. The first-order valence-corrected chi connectivity index (χ1v) is 8.58.